The van der Waals surface area contributed by atoms with Crippen LogP contribution in [-0.2, 0) is 44.7 Å². The van der Waals surface area contributed by atoms with Gasteiger partial charge in [0.05, 0.1) is 12.2 Å². The summed E-state index contributed by atoms with van der Waals surface area (Å²) in [7, 11) is 0. The van der Waals surface area contributed by atoms with Crippen LogP contribution in [-0.4, -0.2) is 99.1 Å². The second-order valence-corrected chi connectivity index (χ2v) is 18.4. The number of halogens is 1. The maximum Gasteiger partial charge on any atom is 0.253 e. The maximum absolute atomic E-state index is 17.7. The molecule has 2 aromatic rings. The zero-order valence-electron chi connectivity index (χ0n) is 35.9. The molecule has 0 spiro atoms. The van der Waals surface area contributed by atoms with Gasteiger partial charge in [-0.15, -0.1) is 0 Å². The second kappa shape index (κ2) is 16.6. The van der Waals surface area contributed by atoms with Crippen LogP contribution in [0.25, 0.3) is 0 Å². The summed E-state index contributed by atoms with van der Waals surface area (Å²) in [5.74, 6) is -4.01. The van der Waals surface area contributed by atoms with Gasteiger partial charge in [-0.05, 0) is 88.5 Å². The zero-order chi connectivity index (χ0) is 45.1. The standard InChI is InChI=1S/C48H55FN4O10/c1-27(50-39(57)19-21-53-40(58)17-18-41(53)59)42(60)51-28(2)43(61)52-33-10-7-8-30(23-33)22-29-11-13-31(14-12-29)44-62-38-24-35-34-16-15-32-9-5-6-20-45(32,3)47(34,49)36(55)25-46(35,4)48(38,63-44)37(56)26-54/h6-14,17-18,20,23,27-28,34-36,38,44,54-55H,5,15-16,19,21-22,24-26H2,1-4H3,(H,50,57)(H,51,60)(H,52,61)/t27-,28-,34-,35-,36-,38+,44+,45-,46-,47-,48+/m0/s1. The number of nitrogens with zero attached hydrogens (tertiary/aromatic N) is 1. The third-order valence-corrected chi connectivity index (χ3v) is 14.8. The molecule has 4 aliphatic carbocycles. The van der Waals surface area contributed by atoms with Crippen LogP contribution >= 0.6 is 0 Å². The van der Waals surface area contributed by atoms with Gasteiger partial charge in [0.1, 0.15) is 18.7 Å². The molecule has 15 heteroatoms. The lowest BCUT2D eigenvalue weighted by atomic mass is 9.44. The Morgan fingerprint density at radius 2 is 1.67 bits per heavy atom. The monoisotopic (exact) mass is 866 g/mol. The molecular weight excluding hydrogens is 812 g/mol. The van der Waals surface area contributed by atoms with Crippen molar-refractivity contribution in [1.82, 2.24) is 15.5 Å². The fraction of sp³-hybridized carbons (Fsp3) is 0.500. The second-order valence-electron chi connectivity index (χ2n) is 18.4. The van der Waals surface area contributed by atoms with Gasteiger partial charge in [-0.1, -0.05) is 67.1 Å². The fourth-order valence-electron chi connectivity index (χ4n) is 11.5. The molecule has 1 saturated heterocycles. The average Bonchev–Trinajstić information content (AvgIpc) is 3.88. The van der Waals surface area contributed by atoms with Crippen molar-refractivity contribution in [2.45, 2.75) is 114 Å². The summed E-state index contributed by atoms with van der Waals surface area (Å²) in [6.07, 6.45) is 7.82. The van der Waals surface area contributed by atoms with Crippen molar-refractivity contribution in [3.05, 3.63) is 101 Å². The molecule has 63 heavy (non-hydrogen) atoms. The maximum atomic E-state index is 17.7. The molecule has 4 fully saturated rings. The molecule has 3 saturated carbocycles. The number of fused-ring (bicyclic) bond motifs is 7. The molecule has 8 rings (SSSR count). The first kappa shape index (κ1) is 44.3. The Hall–Kier alpha value is -5.35. The number of aliphatic hydroxyl groups excluding tert-OH is 2. The molecule has 2 heterocycles. The third-order valence-electron chi connectivity index (χ3n) is 14.8. The van der Waals surface area contributed by atoms with Crippen molar-refractivity contribution in [1.29, 1.82) is 0 Å². The van der Waals surface area contributed by atoms with Crippen LogP contribution in [0.4, 0.5) is 10.1 Å². The van der Waals surface area contributed by atoms with E-state index in [0.717, 1.165) is 40.2 Å². The molecule has 14 nitrogen and oxygen atoms in total. The van der Waals surface area contributed by atoms with Gasteiger partial charge in [0.2, 0.25) is 17.7 Å². The number of hydrogen-bond donors (Lipinski definition) is 5. The molecule has 2 aromatic carbocycles. The molecular formula is C48H55FN4O10. The summed E-state index contributed by atoms with van der Waals surface area (Å²) in [6, 6.07) is 12.9. The van der Waals surface area contributed by atoms with E-state index < -0.39 is 101 Å². The van der Waals surface area contributed by atoms with Gasteiger partial charge < -0.3 is 35.6 Å². The number of anilines is 1. The van der Waals surface area contributed by atoms with Crippen LogP contribution in [0.3, 0.4) is 0 Å². The van der Waals surface area contributed by atoms with Crippen LogP contribution in [0.1, 0.15) is 89.2 Å². The summed E-state index contributed by atoms with van der Waals surface area (Å²) < 4.78 is 31.0. The average molecular weight is 867 g/mol. The van der Waals surface area contributed by atoms with Crippen LogP contribution < -0.4 is 16.0 Å². The number of ether oxygens (including phenoxy) is 2. The number of nitrogens with one attached hydrogen (secondary N) is 3. The first-order valence-corrected chi connectivity index (χ1v) is 21.8. The van der Waals surface area contributed by atoms with Gasteiger partial charge >= 0.3 is 0 Å². The van der Waals surface area contributed by atoms with E-state index in [-0.39, 0.29) is 25.3 Å². The zero-order valence-corrected chi connectivity index (χ0v) is 35.9. The van der Waals surface area contributed by atoms with E-state index in [9.17, 15) is 39.0 Å². The van der Waals surface area contributed by atoms with Gasteiger partial charge in [0, 0.05) is 53.1 Å². The number of ketones is 1. The lowest BCUT2D eigenvalue weighted by Gasteiger charge is -2.62. The highest BCUT2D eigenvalue weighted by Crippen LogP contribution is 2.72. The Labute approximate surface area is 365 Å². The quantitative estimate of drug-likeness (QED) is 0.145. The SMILES string of the molecule is C[C@H](NC(=O)CCN1C(=O)C=CC1=O)C(=O)N[C@@H](C)C(=O)Nc1cccc(Cc2ccc([C@@H]3O[C@@H]4C[C@H]5[C@@H]6CCC7=CCC=C[C@]7(C)[C@@]6(F)[C@@H](O)C[C@]5(C)[C@]4(C(=O)CO)O3)cc2)c1. The van der Waals surface area contributed by atoms with Gasteiger partial charge in [-0.3, -0.25) is 33.7 Å². The molecule has 2 aliphatic heterocycles. The smallest absolute Gasteiger partial charge is 0.253 e. The molecule has 0 bridgehead atoms. The van der Waals surface area contributed by atoms with Crippen molar-refractivity contribution in [3.8, 4) is 0 Å². The molecule has 0 radical (unpaired) electrons. The number of amides is 5. The summed E-state index contributed by atoms with van der Waals surface area (Å²) in [6.45, 7) is 5.86. The Bertz CT molecular complexity index is 2300. The Morgan fingerprint density at radius 3 is 2.38 bits per heavy atom. The van der Waals surface area contributed by atoms with Crippen molar-refractivity contribution in [2.24, 2.45) is 22.7 Å². The molecule has 334 valence electrons. The van der Waals surface area contributed by atoms with Crippen molar-refractivity contribution < 1.29 is 52.8 Å². The molecule has 6 aliphatic rings. The van der Waals surface area contributed by atoms with Crippen molar-refractivity contribution in [3.63, 3.8) is 0 Å². The van der Waals surface area contributed by atoms with Crippen molar-refractivity contribution >= 4 is 41.0 Å². The number of hydrogen-bond acceptors (Lipinski definition) is 10. The largest absolute Gasteiger partial charge is 0.390 e. The number of allylic oxidation sites excluding steroid dienone is 4. The molecule has 5 amide bonds. The fourth-order valence-corrected chi connectivity index (χ4v) is 11.5. The highest BCUT2D eigenvalue weighted by Gasteiger charge is 2.79. The van der Waals surface area contributed by atoms with E-state index in [1.807, 2.05) is 62.4 Å². The number of alkyl halides is 1. The summed E-state index contributed by atoms with van der Waals surface area (Å²) in [5.41, 5.74) is -1.45. The summed E-state index contributed by atoms with van der Waals surface area (Å²) in [4.78, 5) is 76.5. The first-order valence-electron chi connectivity index (χ1n) is 21.8. The lowest BCUT2D eigenvalue weighted by Crippen LogP contribution is -2.69. The Kier molecular flexibility index (Phi) is 11.7. The number of rotatable bonds is 13. The van der Waals surface area contributed by atoms with E-state index in [0.29, 0.717) is 36.9 Å². The summed E-state index contributed by atoms with van der Waals surface area (Å²) >= 11 is 0. The Balaban J connectivity index is 0.875. The van der Waals surface area contributed by atoms with E-state index >= 15 is 4.39 Å². The minimum Gasteiger partial charge on any atom is -0.390 e. The molecule has 11 atom stereocenters. The number of Topliss-reactive ketones (excluding diaryl/α,β-unsaturated/α-hetero) is 1. The van der Waals surface area contributed by atoms with Crippen LogP contribution in [0, 0.1) is 22.7 Å². The third kappa shape index (κ3) is 7.36. The first-order chi connectivity index (χ1) is 29.9. The molecule has 0 aromatic heterocycles. The number of benzene rings is 2. The van der Waals surface area contributed by atoms with Gasteiger partial charge in [-0.2, -0.15) is 0 Å². The summed E-state index contributed by atoms with van der Waals surface area (Å²) in [5, 5.41) is 30.1. The van der Waals surface area contributed by atoms with Gasteiger partial charge in [-0.25, -0.2) is 4.39 Å². The molecule has 5 N–H and O–H groups in total. The van der Waals surface area contributed by atoms with Crippen LogP contribution in [0.5, 0.6) is 0 Å². The number of carbonyl (C=O) groups is 6. The van der Waals surface area contributed by atoms with E-state index in [4.69, 9.17) is 9.47 Å². The highest BCUT2D eigenvalue weighted by molar-refractivity contribution is 6.13. The van der Waals surface area contributed by atoms with Crippen molar-refractivity contribution in [2.75, 3.05) is 18.5 Å². The minimum absolute atomic E-state index is 0.0146. The highest BCUT2D eigenvalue weighted by atomic mass is 19.1. The van der Waals surface area contributed by atoms with E-state index in [1.165, 1.54) is 13.8 Å². The minimum atomic E-state index is -1.93. The Morgan fingerprint density at radius 1 is 0.952 bits per heavy atom. The normalized spacial score (nSPS) is 33.7. The molecule has 0 unspecified atom stereocenters. The van der Waals surface area contributed by atoms with Crippen LogP contribution in [0.2, 0.25) is 0 Å². The van der Waals surface area contributed by atoms with Gasteiger partial charge in [0.15, 0.2) is 23.3 Å². The van der Waals surface area contributed by atoms with E-state index in [1.54, 1.807) is 12.1 Å². The lowest BCUT2D eigenvalue weighted by molar-refractivity contribution is -0.231. The van der Waals surface area contributed by atoms with Crippen LogP contribution in [0.15, 0.2) is 84.5 Å². The topological polar surface area (TPSA) is 201 Å². The van der Waals surface area contributed by atoms with Gasteiger partial charge in [0.25, 0.3) is 11.8 Å². The predicted molar refractivity (Wildman–Crippen MR) is 227 cm³/mol. The number of aliphatic hydroxyl groups is 2. The number of carbonyl (C=O) groups excluding carboxylic acids is 6. The van der Waals surface area contributed by atoms with E-state index in [2.05, 4.69) is 22.0 Å². The number of imide groups is 1. The predicted octanol–water partition coefficient (Wildman–Crippen LogP) is 4.06.